The molecule has 0 bridgehead atoms. The number of benzene rings is 1. The summed E-state index contributed by atoms with van der Waals surface area (Å²) >= 11 is 0. The average molecular weight is 510 g/mol. The fourth-order valence-electron chi connectivity index (χ4n) is 4.21. The van der Waals surface area contributed by atoms with Gasteiger partial charge in [0.2, 0.25) is 5.88 Å². The maximum absolute atomic E-state index is 12.8. The van der Waals surface area contributed by atoms with E-state index in [0.29, 0.717) is 71.0 Å². The molecule has 0 amide bonds. The second-order valence-corrected chi connectivity index (χ2v) is 10.7. The van der Waals surface area contributed by atoms with E-state index in [1.165, 1.54) is 6.20 Å². The van der Waals surface area contributed by atoms with Crippen LogP contribution in [0.2, 0.25) is 0 Å². The zero-order chi connectivity index (χ0) is 25.3. The van der Waals surface area contributed by atoms with Crippen molar-refractivity contribution in [2.75, 3.05) is 20.8 Å². The number of aromatic nitrogens is 5. The summed E-state index contributed by atoms with van der Waals surface area (Å²) in [5.74, 6) is 1.75. The molecule has 5 rings (SSSR count). The lowest BCUT2D eigenvalue weighted by atomic mass is 10.0. The van der Waals surface area contributed by atoms with Crippen LogP contribution in [0.5, 0.6) is 17.4 Å². The zero-order valence-electron chi connectivity index (χ0n) is 20.3. The van der Waals surface area contributed by atoms with Gasteiger partial charge < -0.3 is 14.2 Å². The molecule has 3 aromatic heterocycles. The average Bonchev–Trinajstić information content (AvgIpc) is 3.20. The molecule has 0 saturated heterocycles. The van der Waals surface area contributed by atoms with Crippen LogP contribution in [0.4, 0.5) is 0 Å². The molecule has 36 heavy (non-hydrogen) atoms. The number of imidazole rings is 1. The topological polar surface area (TPSA) is 118 Å². The quantitative estimate of drug-likeness (QED) is 0.332. The molecular weight excluding hydrogens is 482 g/mol. The summed E-state index contributed by atoms with van der Waals surface area (Å²) in [5, 5.41) is -0.310. The lowest BCUT2D eigenvalue weighted by Crippen LogP contribution is -2.29. The molecule has 0 aliphatic heterocycles. The Morgan fingerprint density at radius 3 is 2.36 bits per heavy atom. The van der Waals surface area contributed by atoms with Gasteiger partial charge in [-0.2, -0.15) is 0 Å². The van der Waals surface area contributed by atoms with Crippen LogP contribution in [0, 0.1) is 0 Å². The van der Waals surface area contributed by atoms with Gasteiger partial charge >= 0.3 is 0 Å². The Bertz CT molecular complexity index is 1490. The van der Waals surface area contributed by atoms with Gasteiger partial charge in [-0.1, -0.05) is 18.6 Å². The molecule has 10 nitrogen and oxygen atoms in total. The smallest absolute Gasteiger partial charge is 0.213 e. The van der Waals surface area contributed by atoms with Crippen molar-refractivity contribution in [2.24, 2.45) is 0 Å². The van der Waals surface area contributed by atoms with Gasteiger partial charge in [-0.05, 0) is 38.0 Å². The number of hydrogen-bond donors (Lipinski definition) is 0. The normalized spacial score (nSPS) is 14.0. The molecule has 1 aromatic carbocycles. The number of para-hydroxylation sites is 1. The Labute approximate surface area is 209 Å². The van der Waals surface area contributed by atoms with E-state index in [-0.39, 0.29) is 11.0 Å². The molecule has 11 heteroatoms. The standard InChI is InChI=1S/C25H27N5O5S/c1-4-35-21-13-6-10-18(28-21)24-29-23-25(30(24)22-19(33-2)11-7-12-20(22)34-3)27-16(14-26-23)15-36(31,32)17-8-5-9-17/h6-7,10-14,17H,4-5,8-9,15H2,1-3H3. The van der Waals surface area contributed by atoms with Crippen LogP contribution < -0.4 is 14.2 Å². The lowest BCUT2D eigenvalue weighted by molar-refractivity contribution is 0.327. The van der Waals surface area contributed by atoms with Crippen LogP contribution in [0.25, 0.3) is 28.5 Å². The first-order valence-corrected chi connectivity index (χ1v) is 13.4. The summed E-state index contributed by atoms with van der Waals surface area (Å²) in [6.07, 6.45) is 3.80. The van der Waals surface area contributed by atoms with E-state index in [1.54, 1.807) is 37.0 Å². The van der Waals surface area contributed by atoms with Gasteiger partial charge in [0.25, 0.3) is 0 Å². The first-order valence-electron chi connectivity index (χ1n) is 11.7. The molecule has 188 valence electrons. The number of nitrogens with zero attached hydrogens (tertiary/aromatic N) is 5. The van der Waals surface area contributed by atoms with Crippen molar-refractivity contribution >= 4 is 21.1 Å². The minimum Gasteiger partial charge on any atom is -0.494 e. The Balaban J connectivity index is 1.74. The number of sulfone groups is 1. The Morgan fingerprint density at radius 2 is 1.72 bits per heavy atom. The molecule has 0 radical (unpaired) electrons. The minimum absolute atomic E-state index is 0.178. The van der Waals surface area contributed by atoms with Crippen molar-refractivity contribution in [3.05, 3.63) is 48.3 Å². The van der Waals surface area contributed by atoms with Gasteiger partial charge in [0.15, 0.2) is 27.0 Å². The third-order valence-electron chi connectivity index (χ3n) is 6.20. The number of methoxy groups -OCH3 is 2. The van der Waals surface area contributed by atoms with E-state index in [9.17, 15) is 8.42 Å². The first kappa shape index (κ1) is 24.0. The van der Waals surface area contributed by atoms with Crippen LogP contribution in [0.15, 0.2) is 42.6 Å². The molecule has 0 unspecified atom stereocenters. The molecule has 1 saturated carbocycles. The van der Waals surface area contributed by atoms with E-state index in [0.717, 1.165) is 6.42 Å². The van der Waals surface area contributed by atoms with Gasteiger partial charge in [0.1, 0.15) is 22.9 Å². The van der Waals surface area contributed by atoms with Crippen molar-refractivity contribution in [1.29, 1.82) is 0 Å². The Hall–Kier alpha value is -3.73. The molecule has 0 N–H and O–H groups in total. The van der Waals surface area contributed by atoms with Crippen LogP contribution in [-0.2, 0) is 15.6 Å². The second kappa shape index (κ2) is 9.73. The summed E-state index contributed by atoms with van der Waals surface area (Å²) < 4.78 is 44.4. The predicted octanol–water partition coefficient (Wildman–Crippen LogP) is 3.76. The number of rotatable bonds is 9. The van der Waals surface area contributed by atoms with Crippen molar-refractivity contribution in [2.45, 2.75) is 37.2 Å². The number of ether oxygens (including phenoxy) is 3. The maximum atomic E-state index is 12.8. The van der Waals surface area contributed by atoms with Crippen molar-refractivity contribution in [3.8, 4) is 34.6 Å². The molecular formula is C25H27N5O5S. The third kappa shape index (κ3) is 4.34. The SMILES string of the molecule is CCOc1cccc(-c2nc3ncc(CS(=O)(=O)C4CCC4)nc3n2-c2c(OC)cccc2OC)n1. The van der Waals surface area contributed by atoms with Gasteiger partial charge in [-0.25, -0.2) is 28.4 Å². The molecule has 4 aromatic rings. The van der Waals surface area contributed by atoms with Crippen molar-refractivity contribution in [3.63, 3.8) is 0 Å². The minimum atomic E-state index is -3.32. The van der Waals surface area contributed by atoms with Crippen LogP contribution >= 0.6 is 0 Å². The van der Waals surface area contributed by atoms with Gasteiger partial charge in [0, 0.05) is 6.07 Å². The van der Waals surface area contributed by atoms with E-state index < -0.39 is 9.84 Å². The fourth-order valence-corrected chi connectivity index (χ4v) is 6.05. The van der Waals surface area contributed by atoms with E-state index in [1.807, 2.05) is 25.1 Å². The maximum Gasteiger partial charge on any atom is 0.213 e. The highest BCUT2D eigenvalue weighted by atomic mass is 32.2. The summed E-state index contributed by atoms with van der Waals surface area (Å²) in [7, 11) is -0.190. The third-order valence-corrected chi connectivity index (χ3v) is 8.39. The molecule has 0 atom stereocenters. The van der Waals surface area contributed by atoms with Gasteiger partial charge in [-0.15, -0.1) is 0 Å². The fraction of sp³-hybridized carbons (Fsp3) is 0.360. The molecule has 0 spiro atoms. The van der Waals surface area contributed by atoms with Crippen LogP contribution in [0.3, 0.4) is 0 Å². The van der Waals surface area contributed by atoms with Crippen molar-refractivity contribution < 1.29 is 22.6 Å². The molecule has 1 aliphatic rings. The highest BCUT2D eigenvalue weighted by Gasteiger charge is 2.32. The summed E-state index contributed by atoms with van der Waals surface area (Å²) in [6.45, 7) is 2.35. The van der Waals surface area contributed by atoms with Crippen LogP contribution in [-0.4, -0.2) is 59.0 Å². The highest BCUT2D eigenvalue weighted by molar-refractivity contribution is 7.91. The zero-order valence-corrected chi connectivity index (χ0v) is 21.2. The highest BCUT2D eigenvalue weighted by Crippen LogP contribution is 2.38. The van der Waals surface area contributed by atoms with E-state index in [4.69, 9.17) is 24.2 Å². The molecule has 1 fully saturated rings. The van der Waals surface area contributed by atoms with E-state index >= 15 is 0 Å². The molecule has 1 aliphatic carbocycles. The largest absolute Gasteiger partial charge is 0.494 e. The molecule has 3 heterocycles. The number of pyridine rings is 1. The summed E-state index contributed by atoms with van der Waals surface area (Å²) in [5.41, 5.74) is 2.14. The van der Waals surface area contributed by atoms with Gasteiger partial charge in [-0.3, -0.25) is 4.57 Å². The Morgan fingerprint density at radius 1 is 1.00 bits per heavy atom. The summed E-state index contributed by atoms with van der Waals surface area (Å²) in [6, 6.07) is 10.8. The lowest BCUT2D eigenvalue weighted by Gasteiger charge is -2.24. The van der Waals surface area contributed by atoms with E-state index in [2.05, 4.69) is 9.97 Å². The predicted molar refractivity (Wildman–Crippen MR) is 134 cm³/mol. The van der Waals surface area contributed by atoms with Crippen molar-refractivity contribution in [1.82, 2.24) is 24.5 Å². The second-order valence-electron chi connectivity index (χ2n) is 8.44. The monoisotopic (exact) mass is 509 g/mol. The first-order chi connectivity index (χ1) is 17.4. The number of hydrogen-bond acceptors (Lipinski definition) is 9. The number of fused-ring (bicyclic) bond motifs is 1. The summed E-state index contributed by atoms with van der Waals surface area (Å²) in [4.78, 5) is 18.5. The Kier molecular flexibility index (Phi) is 6.48. The van der Waals surface area contributed by atoms with Crippen LogP contribution in [0.1, 0.15) is 31.9 Å². The van der Waals surface area contributed by atoms with Gasteiger partial charge in [0.05, 0.1) is 43.7 Å².